The second-order valence-electron chi connectivity index (χ2n) is 5.20. The summed E-state index contributed by atoms with van der Waals surface area (Å²) in [6.45, 7) is 4.96. The van der Waals surface area contributed by atoms with Gasteiger partial charge >= 0.3 is 0 Å². The van der Waals surface area contributed by atoms with Crippen LogP contribution in [0.25, 0.3) is 0 Å². The number of hydrogen-bond acceptors (Lipinski definition) is 2. The molecule has 0 atom stereocenters. The summed E-state index contributed by atoms with van der Waals surface area (Å²) in [7, 11) is 0. The molecule has 0 amide bonds. The molecule has 0 bridgehead atoms. The number of nitrogens with two attached hydrogens (primary N) is 1. The molecule has 0 heterocycles. The third-order valence-electron chi connectivity index (χ3n) is 3.24. The number of hydrogen-bond donors (Lipinski definition) is 3. The Bertz CT molecular complexity index is 573. The maximum absolute atomic E-state index is 5.51. The average molecular weight is 282 g/mol. The van der Waals surface area contributed by atoms with E-state index in [0.717, 1.165) is 11.3 Å². The van der Waals surface area contributed by atoms with Crippen LogP contribution in [0.5, 0.6) is 0 Å². The van der Waals surface area contributed by atoms with E-state index in [0.29, 0.717) is 18.4 Å². The van der Waals surface area contributed by atoms with E-state index >= 15 is 0 Å². The zero-order valence-electron chi connectivity index (χ0n) is 12.5. The van der Waals surface area contributed by atoms with E-state index in [9.17, 15) is 0 Å². The lowest BCUT2D eigenvalue weighted by atomic mass is 10.0. The second-order valence-corrected chi connectivity index (χ2v) is 5.20. The first-order valence-corrected chi connectivity index (χ1v) is 7.11. The minimum Gasteiger partial charge on any atom is -0.325 e. The summed E-state index contributed by atoms with van der Waals surface area (Å²) in [6.07, 6.45) is 0. The van der Waals surface area contributed by atoms with Gasteiger partial charge in [-0.2, -0.15) is 0 Å². The number of nitrogens with zero attached hydrogens (tertiary/aromatic N) is 1. The Balaban J connectivity index is 2.00. The van der Waals surface area contributed by atoms with Crippen LogP contribution in [0.2, 0.25) is 0 Å². The molecule has 2 rings (SSSR count). The van der Waals surface area contributed by atoms with Crippen molar-refractivity contribution in [1.82, 2.24) is 5.43 Å². The van der Waals surface area contributed by atoms with Gasteiger partial charge in [-0.3, -0.25) is 5.43 Å². The molecule has 0 aromatic heterocycles. The largest absolute Gasteiger partial charge is 0.325 e. The molecule has 110 valence electrons. The third-order valence-corrected chi connectivity index (χ3v) is 3.24. The quantitative estimate of drug-likeness (QED) is 0.349. The number of benzene rings is 2. The van der Waals surface area contributed by atoms with Crippen molar-refractivity contribution in [3.63, 3.8) is 0 Å². The predicted octanol–water partition coefficient (Wildman–Crippen LogP) is 3.24. The lowest BCUT2D eigenvalue weighted by molar-refractivity contribution is 0.864. The highest BCUT2D eigenvalue weighted by Gasteiger charge is 2.00. The van der Waals surface area contributed by atoms with Crippen molar-refractivity contribution in [2.24, 2.45) is 10.8 Å². The van der Waals surface area contributed by atoms with Crippen LogP contribution in [0.1, 0.15) is 30.9 Å². The maximum Gasteiger partial charge on any atom is 0.210 e. The van der Waals surface area contributed by atoms with Gasteiger partial charge < -0.3 is 5.32 Å². The van der Waals surface area contributed by atoms with Crippen molar-refractivity contribution in [3.05, 3.63) is 65.7 Å². The first kappa shape index (κ1) is 15.1. The van der Waals surface area contributed by atoms with Crippen LogP contribution in [-0.4, -0.2) is 5.96 Å². The summed E-state index contributed by atoms with van der Waals surface area (Å²) < 4.78 is 0. The molecule has 0 aliphatic rings. The van der Waals surface area contributed by atoms with Gasteiger partial charge in [-0.25, -0.2) is 10.8 Å². The van der Waals surface area contributed by atoms with Gasteiger partial charge in [-0.05, 0) is 29.2 Å². The first-order chi connectivity index (χ1) is 10.2. The van der Waals surface area contributed by atoms with Crippen molar-refractivity contribution in [3.8, 4) is 0 Å². The normalized spacial score (nSPS) is 11.5. The molecule has 0 unspecified atom stereocenters. The van der Waals surface area contributed by atoms with Crippen LogP contribution >= 0.6 is 0 Å². The molecule has 0 spiro atoms. The van der Waals surface area contributed by atoms with Gasteiger partial charge in [0, 0.05) is 5.69 Å². The van der Waals surface area contributed by atoms with E-state index in [1.807, 2.05) is 30.3 Å². The van der Waals surface area contributed by atoms with Crippen molar-refractivity contribution in [2.45, 2.75) is 26.3 Å². The van der Waals surface area contributed by atoms with Crippen molar-refractivity contribution in [2.75, 3.05) is 5.32 Å². The Labute approximate surface area is 126 Å². The Kier molecular flexibility index (Phi) is 5.35. The van der Waals surface area contributed by atoms with Gasteiger partial charge in [0.25, 0.3) is 0 Å². The summed E-state index contributed by atoms with van der Waals surface area (Å²) in [4.78, 5) is 4.45. The molecule has 0 radical (unpaired) electrons. The number of aliphatic imine (C=N–C) groups is 1. The van der Waals surface area contributed by atoms with E-state index in [-0.39, 0.29) is 0 Å². The van der Waals surface area contributed by atoms with Crippen LogP contribution in [0.15, 0.2) is 59.6 Å². The number of hydrazine groups is 1. The van der Waals surface area contributed by atoms with Gasteiger partial charge in [-0.15, -0.1) is 0 Å². The fourth-order valence-electron chi connectivity index (χ4n) is 1.96. The number of anilines is 1. The molecule has 21 heavy (non-hydrogen) atoms. The minimum atomic E-state index is 0.545. The summed E-state index contributed by atoms with van der Waals surface area (Å²) in [6, 6.07) is 18.3. The maximum atomic E-state index is 5.51. The van der Waals surface area contributed by atoms with E-state index in [1.165, 1.54) is 5.56 Å². The van der Waals surface area contributed by atoms with Crippen LogP contribution in [0, 0.1) is 0 Å². The molecule has 4 N–H and O–H groups in total. The van der Waals surface area contributed by atoms with Crippen LogP contribution in [-0.2, 0) is 6.54 Å². The molecule has 4 heteroatoms. The molecule has 2 aromatic rings. The van der Waals surface area contributed by atoms with Crippen molar-refractivity contribution < 1.29 is 0 Å². The Morgan fingerprint density at radius 3 is 2.29 bits per heavy atom. The van der Waals surface area contributed by atoms with E-state index in [4.69, 9.17) is 5.84 Å². The minimum absolute atomic E-state index is 0.545. The van der Waals surface area contributed by atoms with Gasteiger partial charge in [0.2, 0.25) is 5.96 Å². The van der Waals surface area contributed by atoms with E-state index in [2.05, 4.69) is 53.8 Å². The van der Waals surface area contributed by atoms with E-state index in [1.54, 1.807) is 0 Å². The van der Waals surface area contributed by atoms with Gasteiger partial charge in [-0.1, -0.05) is 56.3 Å². The second kappa shape index (κ2) is 7.45. The molecule has 0 aliphatic carbocycles. The lowest BCUT2D eigenvalue weighted by Gasteiger charge is -2.09. The molecule has 2 aromatic carbocycles. The fraction of sp³-hybridized carbons (Fsp3) is 0.235. The summed E-state index contributed by atoms with van der Waals surface area (Å²) in [5.41, 5.74) is 6.03. The van der Waals surface area contributed by atoms with Crippen molar-refractivity contribution >= 4 is 11.6 Å². The summed E-state index contributed by atoms with van der Waals surface area (Å²) >= 11 is 0. The molecule has 0 saturated heterocycles. The molecular weight excluding hydrogens is 260 g/mol. The predicted molar refractivity (Wildman–Crippen MR) is 89.1 cm³/mol. The Morgan fingerprint density at radius 2 is 1.71 bits per heavy atom. The molecular formula is C17H22N4. The number of para-hydroxylation sites is 1. The van der Waals surface area contributed by atoms with Crippen LogP contribution in [0.3, 0.4) is 0 Å². The SMILES string of the molecule is CC(C)c1ccc(CN=C(NN)Nc2ccccc2)cc1. The van der Waals surface area contributed by atoms with Crippen LogP contribution < -0.4 is 16.6 Å². The number of nitrogens with one attached hydrogen (secondary N) is 2. The molecule has 0 aliphatic heterocycles. The number of rotatable bonds is 4. The summed E-state index contributed by atoms with van der Waals surface area (Å²) in [5.74, 6) is 6.60. The van der Waals surface area contributed by atoms with Gasteiger partial charge in [0.15, 0.2) is 0 Å². The zero-order chi connectivity index (χ0) is 15.1. The lowest BCUT2D eigenvalue weighted by Crippen LogP contribution is -2.36. The zero-order valence-corrected chi connectivity index (χ0v) is 12.5. The number of guanidine groups is 1. The van der Waals surface area contributed by atoms with Crippen LogP contribution in [0.4, 0.5) is 5.69 Å². The van der Waals surface area contributed by atoms with Crippen molar-refractivity contribution in [1.29, 1.82) is 0 Å². The molecule has 0 saturated carbocycles. The molecule has 0 fully saturated rings. The standard InChI is InChI=1S/C17H22N4/c1-13(2)15-10-8-14(9-11-15)12-19-17(21-18)20-16-6-4-3-5-7-16/h3-11,13H,12,18H2,1-2H3,(H2,19,20,21). The third kappa shape index (κ3) is 4.61. The van der Waals surface area contributed by atoms with Gasteiger partial charge in [0.1, 0.15) is 0 Å². The fourth-order valence-corrected chi connectivity index (χ4v) is 1.96. The van der Waals surface area contributed by atoms with Gasteiger partial charge in [0.05, 0.1) is 6.54 Å². The van der Waals surface area contributed by atoms with E-state index < -0.39 is 0 Å². The average Bonchev–Trinajstić information content (AvgIpc) is 2.52. The highest BCUT2D eigenvalue weighted by molar-refractivity contribution is 5.93. The smallest absolute Gasteiger partial charge is 0.210 e. The Morgan fingerprint density at radius 1 is 1.05 bits per heavy atom. The molecule has 4 nitrogen and oxygen atoms in total. The summed E-state index contributed by atoms with van der Waals surface area (Å²) in [5, 5.41) is 3.14. The highest BCUT2D eigenvalue weighted by Crippen LogP contribution is 2.15. The topological polar surface area (TPSA) is 62.4 Å². The first-order valence-electron chi connectivity index (χ1n) is 7.11. The highest BCUT2D eigenvalue weighted by atomic mass is 15.3. The monoisotopic (exact) mass is 282 g/mol. The Hall–Kier alpha value is -2.33.